The number of aliphatic hydroxyl groups excluding tert-OH is 1. The molecule has 1 unspecified atom stereocenters. The fourth-order valence-corrected chi connectivity index (χ4v) is 7.73. The lowest BCUT2D eigenvalue weighted by molar-refractivity contribution is 0.270. The smallest absolute Gasteiger partial charge is 0.326 e. The number of H-pyrrole nitrogens is 1. The van der Waals surface area contributed by atoms with Gasteiger partial charge in [0.15, 0.2) is 11.6 Å². The molecule has 5 heterocycles. The molecule has 248 valence electrons. The van der Waals surface area contributed by atoms with Gasteiger partial charge in [0.05, 0.1) is 36.1 Å². The van der Waals surface area contributed by atoms with Crippen LogP contribution >= 0.6 is 0 Å². The lowest BCUT2D eigenvalue weighted by Gasteiger charge is -2.26. The van der Waals surface area contributed by atoms with Gasteiger partial charge < -0.3 is 24.3 Å². The van der Waals surface area contributed by atoms with E-state index in [9.17, 15) is 19.1 Å². The summed E-state index contributed by atoms with van der Waals surface area (Å²) in [6, 6.07) is 13.9. The Morgan fingerprint density at radius 3 is 2.73 bits per heavy atom. The number of likely N-dealkylation sites (tertiary alicyclic amines) is 1. The number of anilines is 1. The summed E-state index contributed by atoms with van der Waals surface area (Å²) in [5.74, 6) is 1.57. The van der Waals surface area contributed by atoms with Crippen LogP contribution in [0.25, 0.3) is 22.3 Å². The Balaban J connectivity index is 1.01. The maximum Gasteiger partial charge on any atom is 0.326 e. The highest BCUT2D eigenvalue weighted by molar-refractivity contribution is 5.76. The van der Waals surface area contributed by atoms with E-state index in [0.717, 1.165) is 80.6 Å². The monoisotopic (exact) mass is 651 g/mol. The first kappa shape index (κ1) is 30.5. The van der Waals surface area contributed by atoms with E-state index in [4.69, 9.17) is 4.74 Å². The van der Waals surface area contributed by atoms with Crippen LogP contribution in [0.15, 0.2) is 70.6 Å². The van der Waals surface area contributed by atoms with E-state index < -0.39 is 5.82 Å². The minimum Gasteiger partial charge on any atom is -0.451 e. The first-order valence-corrected chi connectivity index (χ1v) is 16.6. The van der Waals surface area contributed by atoms with Crippen molar-refractivity contribution in [2.45, 2.75) is 44.7 Å². The number of fused-ring (bicyclic) bond motifs is 1. The molecule has 48 heavy (non-hydrogen) atoms. The SMILES string of the molecule is Cn1c(-c2cc(F)ccc2Oc2cncnc2N2CCC3(CCN(Cc4ccc5c(c4)[nH]c(=O)n5CCO)C3)C2)c(C2CC2)ccc1=O. The normalized spacial score (nSPS) is 19.6. The van der Waals surface area contributed by atoms with Crippen LogP contribution in [-0.4, -0.2) is 66.9 Å². The van der Waals surface area contributed by atoms with Crippen molar-refractivity contribution < 1.29 is 14.2 Å². The number of hydrogen-bond donors (Lipinski definition) is 2. The van der Waals surface area contributed by atoms with Crippen LogP contribution in [0, 0.1) is 11.2 Å². The molecule has 1 aliphatic carbocycles. The third kappa shape index (κ3) is 5.58. The molecule has 3 aromatic heterocycles. The van der Waals surface area contributed by atoms with Crippen LogP contribution in [-0.2, 0) is 20.1 Å². The quantitative estimate of drug-likeness (QED) is 0.241. The minimum absolute atomic E-state index is 0.0888. The Bertz CT molecular complexity index is 2140. The van der Waals surface area contributed by atoms with Crippen molar-refractivity contribution in [3.8, 4) is 22.8 Å². The van der Waals surface area contributed by atoms with Gasteiger partial charge in [-0.25, -0.2) is 19.2 Å². The average Bonchev–Trinajstić information content (AvgIpc) is 3.62. The summed E-state index contributed by atoms with van der Waals surface area (Å²) < 4.78 is 24.4. The fraction of sp³-hybridized carbons (Fsp3) is 0.389. The van der Waals surface area contributed by atoms with Crippen molar-refractivity contribution in [1.29, 1.82) is 0 Å². The molecule has 0 bridgehead atoms. The summed E-state index contributed by atoms with van der Waals surface area (Å²) in [4.78, 5) is 41.6. The van der Waals surface area contributed by atoms with Gasteiger partial charge in [0.2, 0.25) is 0 Å². The lowest BCUT2D eigenvalue weighted by Crippen LogP contribution is -2.31. The van der Waals surface area contributed by atoms with Gasteiger partial charge in [0.1, 0.15) is 17.9 Å². The third-order valence-electron chi connectivity index (χ3n) is 10.3. The molecular formula is C36H38FN7O4. The Labute approximate surface area is 276 Å². The van der Waals surface area contributed by atoms with E-state index in [-0.39, 0.29) is 29.8 Å². The third-order valence-corrected chi connectivity index (χ3v) is 10.3. The Kier molecular flexibility index (Phi) is 7.64. The summed E-state index contributed by atoms with van der Waals surface area (Å²) in [7, 11) is 1.72. The topological polar surface area (TPSA) is 122 Å². The fourth-order valence-electron chi connectivity index (χ4n) is 7.73. The summed E-state index contributed by atoms with van der Waals surface area (Å²) in [6.07, 6.45) is 7.34. The zero-order chi connectivity index (χ0) is 33.0. The molecule has 5 aromatic rings. The van der Waals surface area contributed by atoms with Crippen molar-refractivity contribution in [1.82, 2.24) is 29.0 Å². The van der Waals surface area contributed by atoms with Crippen LogP contribution in [0.5, 0.6) is 11.5 Å². The van der Waals surface area contributed by atoms with Crippen molar-refractivity contribution in [2.75, 3.05) is 37.7 Å². The van der Waals surface area contributed by atoms with E-state index in [1.165, 1.54) is 18.5 Å². The van der Waals surface area contributed by atoms with Crippen LogP contribution in [0.1, 0.15) is 42.7 Å². The first-order chi connectivity index (χ1) is 23.3. The van der Waals surface area contributed by atoms with Crippen molar-refractivity contribution in [3.05, 3.63) is 98.8 Å². The first-order valence-electron chi connectivity index (χ1n) is 16.6. The molecule has 2 N–H and O–H groups in total. The molecule has 1 saturated carbocycles. The van der Waals surface area contributed by atoms with E-state index >= 15 is 0 Å². The van der Waals surface area contributed by atoms with Gasteiger partial charge in [-0.2, -0.15) is 0 Å². The second kappa shape index (κ2) is 12.0. The van der Waals surface area contributed by atoms with E-state index in [1.807, 2.05) is 18.2 Å². The van der Waals surface area contributed by atoms with Gasteiger partial charge in [0.25, 0.3) is 5.56 Å². The highest BCUT2D eigenvalue weighted by atomic mass is 19.1. The van der Waals surface area contributed by atoms with Gasteiger partial charge in [-0.1, -0.05) is 12.1 Å². The zero-order valence-electron chi connectivity index (χ0n) is 26.9. The number of pyridine rings is 1. The van der Waals surface area contributed by atoms with Gasteiger partial charge in [-0.3, -0.25) is 14.3 Å². The van der Waals surface area contributed by atoms with E-state index in [1.54, 1.807) is 34.5 Å². The maximum absolute atomic E-state index is 14.7. The number of benzene rings is 2. The Hall–Kier alpha value is -4.81. The summed E-state index contributed by atoms with van der Waals surface area (Å²) in [6.45, 7) is 4.52. The minimum atomic E-state index is -0.402. The number of aliphatic hydroxyl groups is 1. The van der Waals surface area contributed by atoms with Crippen LogP contribution < -0.4 is 20.9 Å². The van der Waals surface area contributed by atoms with Crippen LogP contribution in [0.4, 0.5) is 10.2 Å². The second-order valence-electron chi connectivity index (χ2n) is 13.6. The lowest BCUT2D eigenvalue weighted by atomic mass is 9.86. The number of nitrogens with one attached hydrogen (secondary N) is 1. The Morgan fingerprint density at radius 1 is 1.04 bits per heavy atom. The van der Waals surface area contributed by atoms with Crippen molar-refractivity contribution in [2.24, 2.45) is 12.5 Å². The summed E-state index contributed by atoms with van der Waals surface area (Å²) >= 11 is 0. The van der Waals surface area contributed by atoms with E-state index in [0.29, 0.717) is 34.5 Å². The predicted octanol–water partition coefficient (Wildman–Crippen LogP) is 4.39. The van der Waals surface area contributed by atoms with E-state index in [2.05, 4.69) is 30.8 Å². The molecule has 0 amide bonds. The van der Waals surface area contributed by atoms with Crippen LogP contribution in [0.2, 0.25) is 0 Å². The number of imidazole rings is 1. The molecule has 1 atom stereocenters. The van der Waals surface area contributed by atoms with Crippen molar-refractivity contribution in [3.63, 3.8) is 0 Å². The number of rotatable bonds is 9. The summed E-state index contributed by atoms with van der Waals surface area (Å²) in [5, 5.41) is 9.33. The number of nitrogens with zero attached hydrogens (tertiary/aromatic N) is 6. The molecule has 2 saturated heterocycles. The zero-order valence-corrected chi connectivity index (χ0v) is 26.9. The van der Waals surface area contributed by atoms with Gasteiger partial charge in [-0.15, -0.1) is 0 Å². The molecule has 3 aliphatic rings. The van der Waals surface area contributed by atoms with Gasteiger partial charge in [0, 0.05) is 50.3 Å². The number of aromatic amines is 1. The predicted molar refractivity (Wildman–Crippen MR) is 180 cm³/mol. The molecule has 2 aliphatic heterocycles. The molecular weight excluding hydrogens is 613 g/mol. The molecule has 0 radical (unpaired) electrons. The van der Waals surface area contributed by atoms with Gasteiger partial charge in [-0.05, 0) is 79.6 Å². The Morgan fingerprint density at radius 2 is 1.90 bits per heavy atom. The largest absolute Gasteiger partial charge is 0.451 e. The second-order valence-corrected chi connectivity index (χ2v) is 13.6. The van der Waals surface area contributed by atoms with Crippen LogP contribution in [0.3, 0.4) is 0 Å². The number of ether oxygens (including phenoxy) is 1. The number of aromatic nitrogens is 5. The standard InChI is InChI=1S/C36H38FN7O4/c1-41-32(46)9-6-26(24-3-4-24)33(41)27-17-25(37)5-8-30(27)48-31-18-38-22-39-34(31)43-13-11-36(21-43)10-12-42(20-36)19-23-2-7-29-28(16-23)40-35(47)44(29)14-15-45/h2,5-9,16-18,22,24,45H,3-4,10-15,19-21H2,1H3,(H,40,47). The van der Waals surface area contributed by atoms with Gasteiger partial charge >= 0.3 is 5.69 Å². The number of hydrogen-bond acceptors (Lipinski definition) is 8. The average molecular weight is 652 g/mol. The molecule has 3 fully saturated rings. The highest BCUT2D eigenvalue weighted by Gasteiger charge is 2.44. The molecule has 1 spiro atoms. The molecule has 11 nitrogen and oxygen atoms in total. The van der Waals surface area contributed by atoms with Crippen molar-refractivity contribution >= 4 is 16.9 Å². The maximum atomic E-state index is 14.7. The highest BCUT2D eigenvalue weighted by Crippen LogP contribution is 2.47. The molecule has 12 heteroatoms. The summed E-state index contributed by atoms with van der Waals surface area (Å²) in [5.41, 5.74) is 4.69. The number of halogens is 1. The molecule has 2 aromatic carbocycles. The molecule has 8 rings (SSSR count).